The molecule has 2 amide bonds. The van der Waals surface area contributed by atoms with Crippen molar-refractivity contribution >= 4 is 11.7 Å². The van der Waals surface area contributed by atoms with Gasteiger partial charge in [-0.3, -0.25) is 4.90 Å². The van der Waals surface area contributed by atoms with Crippen molar-refractivity contribution < 1.29 is 9.53 Å². The van der Waals surface area contributed by atoms with Crippen LogP contribution in [0, 0.1) is 0 Å². The van der Waals surface area contributed by atoms with Gasteiger partial charge in [-0.1, -0.05) is 6.07 Å². The lowest BCUT2D eigenvalue weighted by Crippen LogP contribution is -2.38. The summed E-state index contributed by atoms with van der Waals surface area (Å²) in [4.78, 5) is 13.4. The molecule has 4 heteroatoms. The summed E-state index contributed by atoms with van der Waals surface area (Å²) in [6.45, 7) is 0. The van der Waals surface area contributed by atoms with Gasteiger partial charge in [0.1, 0.15) is 5.75 Å². The van der Waals surface area contributed by atoms with Gasteiger partial charge >= 0.3 is 6.03 Å². The quantitative estimate of drug-likeness (QED) is 0.846. The zero-order valence-electron chi connectivity index (χ0n) is 9.56. The van der Waals surface area contributed by atoms with E-state index in [0.29, 0.717) is 6.04 Å². The van der Waals surface area contributed by atoms with E-state index in [-0.39, 0.29) is 6.03 Å². The molecule has 1 aromatic rings. The number of nitrogens with one attached hydrogen (secondary N) is 1. The van der Waals surface area contributed by atoms with Gasteiger partial charge in [0.2, 0.25) is 0 Å². The lowest BCUT2D eigenvalue weighted by Gasteiger charge is -2.18. The molecule has 1 N–H and O–H groups in total. The van der Waals surface area contributed by atoms with Gasteiger partial charge < -0.3 is 10.1 Å². The molecule has 0 bridgehead atoms. The van der Waals surface area contributed by atoms with Gasteiger partial charge in [0.25, 0.3) is 0 Å². The maximum atomic E-state index is 11.8. The second-order valence-corrected chi connectivity index (χ2v) is 3.98. The zero-order valence-corrected chi connectivity index (χ0v) is 9.56. The highest BCUT2D eigenvalue weighted by atomic mass is 16.5. The third-order valence-electron chi connectivity index (χ3n) is 2.65. The molecule has 2 rings (SSSR count). The van der Waals surface area contributed by atoms with Crippen LogP contribution in [0.4, 0.5) is 10.5 Å². The van der Waals surface area contributed by atoms with Crippen molar-refractivity contribution in [2.75, 3.05) is 19.1 Å². The fourth-order valence-corrected chi connectivity index (χ4v) is 1.44. The standard InChI is InChI=1S/C12H16N2O2/c1-14(12(15)13-9-6-7-9)10-4-3-5-11(8-10)16-2/h3-5,8-9H,6-7H2,1-2H3,(H,13,15). The van der Waals surface area contributed by atoms with Gasteiger partial charge in [0.05, 0.1) is 7.11 Å². The topological polar surface area (TPSA) is 41.6 Å². The highest BCUT2D eigenvalue weighted by Crippen LogP contribution is 2.22. The van der Waals surface area contributed by atoms with Gasteiger partial charge in [-0.25, -0.2) is 4.79 Å². The smallest absolute Gasteiger partial charge is 0.321 e. The van der Waals surface area contributed by atoms with E-state index in [9.17, 15) is 4.79 Å². The Morgan fingerprint density at radius 2 is 2.25 bits per heavy atom. The summed E-state index contributed by atoms with van der Waals surface area (Å²) in [5.41, 5.74) is 0.831. The summed E-state index contributed by atoms with van der Waals surface area (Å²) in [5, 5.41) is 2.94. The van der Waals surface area contributed by atoms with Gasteiger partial charge in [0, 0.05) is 24.8 Å². The predicted molar refractivity (Wildman–Crippen MR) is 63.0 cm³/mol. The lowest BCUT2D eigenvalue weighted by atomic mass is 10.3. The highest BCUT2D eigenvalue weighted by molar-refractivity contribution is 5.91. The van der Waals surface area contributed by atoms with Crippen molar-refractivity contribution in [1.82, 2.24) is 5.32 Å². The highest BCUT2D eigenvalue weighted by Gasteiger charge is 2.25. The van der Waals surface area contributed by atoms with Crippen LogP contribution in [-0.2, 0) is 0 Å². The summed E-state index contributed by atoms with van der Waals surface area (Å²) in [7, 11) is 3.37. The first-order valence-corrected chi connectivity index (χ1v) is 5.39. The Kier molecular flexibility index (Phi) is 2.99. The van der Waals surface area contributed by atoms with Crippen LogP contribution in [0.3, 0.4) is 0 Å². The van der Waals surface area contributed by atoms with Crippen molar-refractivity contribution in [2.45, 2.75) is 18.9 Å². The largest absolute Gasteiger partial charge is 0.497 e. The van der Waals surface area contributed by atoms with Gasteiger partial charge in [0.15, 0.2) is 0 Å². The Hall–Kier alpha value is -1.71. The molecule has 1 aromatic carbocycles. The number of ether oxygens (including phenoxy) is 1. The van der Waals surface area contributed by atoms with E-state index in [2.05, 4.69) is 5.32 Å². The van der Waals surface area contributed by atoms with E-state index >= 15 is 0 Å². The van der Waals surface area contributed by atoms with Crippen LogP contribution in [0.2, 0.25) is 0 Å². The maximum absolute atomic E-state index is 11.8. The average Bonchev–Trinajstić information content (AvgIpc) is 3.12. The van der Waals surface area contributed by atoms with Gasteiger partial charge in [-0.15, -0.1) is 0 Å². The molecule has 4 nitrogen and oxygen atoms in total. The van der Waals surface area contributed by atoms with E-state index < -0.39 is 0 Å². The number of anilines is 1. The fourth-order valence-electron chi connectivity index (χ4n) is 1.44. The summed E-state index contributed by atoms with van der Waals surface area (Å²) in [5.74, 6) is 0.753. The number of amides is 2. The Labute approximate surface area is 95.2 Å². The lowest BCUT2D eigenvalue weighted by molar-refractivity contribution is 0.247. The minimum absolute atomic E-state index is 0.0595. The monoisotopic (exact) mass is 220 g/mol. The molecule has 0 heterocycles. The van der Waals surface area contributed by atoms with E-state index in [0.717, 1.165) is 24.3 Å². The number of urea groups is 1. The van der Waals surface area contributed by atoms with Crippen molar-refractivity contribution in [1.29, 1.82) is 0 Å². The third-order valence-corrected chi connectivity index (χ3v) is 2.65. The molecule has 86 valence electrons. The van der Waals surface area contributed by atoms with Gasteiger partial charge in [-0.2, -0.15) is 0 Å². The molecule has 16 heavy (non-hydrogen) atoms. The Balaban J connectivity index is 2.05. The molecule has 0 aliphatic heterocycles. The van der Waals surface area contributed by atoms with Crippen LogP contribution < -0.4 is 15.0 Å². The molecule has 1 aliphatic carbocycles. The summed E-state index contributed by atoms with van der Waals surface area (Å²) in [6.07, 6.45) is 2.19. The molecular formula is C12H16N2O2. The third kappa shape index (κ3) is 2.45. The van der Waals surface area contributed by atoms with Crippen LogP contribution in [0.5, 0.6) is 5.75 Å². The normalized spacial score (nSPS) is 14.4. The molecule has 1 aliphatic rings. The Bertz CT molecular complexity index is 388. The molecule has 0 radical (unpaired) electrons. The predicted octanol–water partition coefficient (Wildman–Crippen LogP) is 2.00. The first-order chi connectivity index (χ1) is 7.70. The Morgan fingerprint density at radius 3 is 2.88 bits per heavy atom. The summed E-state index contributed by atoms with van der Waals surface area (Å²) >= 11 is 0. The number of benzene rings is 1. The number of methoxy groups -OCH3 is 1. The number of hydrogen-bond donors (Lipinski definition) is 1. The number of hydrogen-bond acceptors (Lipinski definition) is 2. The van der Waals surface area contributed by atoms with E-state index in [1.54, 1.807) is 19.1 Å². The van der Waals surface area contributed by atoms with E-state index in [1.165, 1.54) is 0 Å². The van der Waals surface area contributed by atoms with Crippen LogP contribution in [0.15, 0.2) is 24.3 Å². The molecule has 0 aromatic heterocycles. The van der Waals surface area contributed by atoms with Crippen molar-refractivity contribution in [2.24, 2.45) is 0 Å². The fraction of sp³-hybridized carbons (Fsp3) is 0.417. The van der Waals surface area contributed by atoms with Crippen molar-refractivity contribution in [3.63, 3.8) is 0 Å². The van der Waals surface area contributed by atoms with Crippen LogP contribution >= 0.6 is 0 Å². The average molecular weight is 220 g/mol. The minimum Gasteiger partial charge on any atom is -0.497 e. The molecule has 0 saturated heterocycles. The SMILES string of the molecule is COc1cccc(N(C)C(=O)NC2CC2)c1. The van der Waals surface area contributed by atoms with Crippen LogP contribution in [0.1, 0.15) is 12.8 Å². The van der Waals surface area contributed by atoms with Crippen LogP contribution in [-0.4, -0.2) is 26.2 Å². The minimum atomic E-state index is -0.0595. The molecule has 1 saturated carbocycles. The molecule has 1 fully saturated rings. The number of carbonyl (C=O) groups is 1. The van der Waals surface area contributed by atoms with E-state index in [4.69, 9.17) is 4.74 Å². The summed E-state index contributed by atoms with van der Waals surface area (Å²) < 4.78 is 5.12. The van der Waals surface area contributed by atoms with E-state index in [1.807, 2.05) is 24.3 Å². The molecule has 0 spiro atoms. The number of carbonyl (C=O) groups excluding carboxylic acids is 1. The number of rotatable bonds is 3. The van der Waals surface area contributed by atoms with Crippen molar-refractivity contribution in [3.05, 3.63) is 24.3 Å². The molecule has 0 unspecified atom stereocenters. The first kappa shape index (κ1) is 10.8. The summed E-state index contributed by atoms with van der Waals surface area (Å²) in [6, 6.07) is 7.77. The first-order valence-electron chi connectivity index (χ1n) is 5.39. The maximum Gasteiger partial charge on any atom is 0.321 e. The van der Waals surface area contributed by atoms with Gasteiger partial charge in [-0.05, 0) is 25.0 Å². The molecular weight excluding hydrogens is 204 g/mol. The Morgan fingerprint density at radius 1 is 1.50 bits per heavy atom. The second-order valence-electron chi connectivity index (χ2n) is 3.98. The second kappa shape index (κ2) is 4.43. The number of nitrogens with zero attached hydrogens (tertiary/aromatic N) is 1. The zero-order chi connectivity index (χ0) is 11.5. The van der Waals surface area contributed by atoms with Crippen molar-refractivity contribution in [3.8, 4) is 5.75 Å². The van der Waals surface area contributed by atoms with Crippen LogP contribution in [0.25, 0.3) is 0 Å². The molecule has 0 atom stereocenters.